The molecule has 0 aromatic heterocycles. The number of rotatable bonds is 8. The number of carbonyl (C=O) groups is 1. The van der Waals surface area contributed by atoms with Crippen molar-refractivity contribution in [1.29, 1.82) is 0 Å². The summed E-state index contributed by atoms with van der Waals surface area (Å²) in [5, 5.41) is 8.73. The van der Waals surface area contributed by atoms with Crippen molar-refractivity contribution in [2.75, 3.05) is 13.2 Å². The fourth-order valence-electron chi connectivity index (χ4n) is 2.88. The van der Waals surface area contributed by atoms with E-state index in [-0.39, 0.29) is 6.61 Å². The quantitative estimate of drug-likeness (QED) is 0.473. The number of aryl methyl sites for hydroxylation is 1. The predicted octanol–water partition coefficient (Wildman–Crippen LogP) is 5.73. The SMILES string of the molecule is Cc1cc(OC/C=C(/c2ccccc2)c2ccc(Br)cc2)ccc1OCC(=O)O. The average molecular weight is 453 g/mol. The van der Waals surface area contributed by atoms with E-state index in [2.05, 4.69) is 46.3 Å². The van der Waals surface area contributed by atoms with Crippen LogP contribution in [0.1, 0.15) is 16.7 Å². The second-order valence-electron chi connectivity index (χ2n) is 6.41. The third kappa shape index (κ3) is 5.96. The van der Waals surface area contributed by atoms with Gasteiger partial charge < -0.3 is 14.6 Å². The number of aliphatic carboxylic acids is 1. The predicted molar refractivity (Wildman–Crippen MR) is 117 cm³/mol. The Balaban J connectivity index is 1.75. The van der Waals surface area contributed by atoms with Gasteiger partial charge in [-0.25, -0.2) is 4.79 Å². The molecule has 1 N–H and O–H groups in total. The van der Waals surface area contributed by atoms with Crippen molar-refractivity contribution in [2.24, 2.45) is 0 Å². The first-order valence-electron chi connectivity index (χ1n) is 9.12. The Hall–Kier alpha value is -3.05. The van der Waals surface area contributed by atoms with E-state index in [1.54, 1.807) is 12.1 Å². The van der Waals surface area contributed by atoms with Crippen molar-refractivity contribution in [1.82, 2.24) is 0 Å². The molecule has 0 amide bonds. The van der Waals surface area contributed by atoms with Crippen LogP contribution in [0, 0.1) is 6.92 Å². The van der Waals surface area contributed by atoms with Gasteiger partial charge in [0.05, 0.1) is 0 Å². The summed E-state index contributed by atoms with van der Waals surface area (Å²) < 4.78 is 12.2. The lowest BCUT2D eigenvalue weighted by atomic mass is 9.98. The van der Waals surface area contributed by atoms with Crippen molar-refractivity contribution >= 4 is 27.5 Å². The van der Waals surface area contributed by atoms with Crippen molar-refractivity contribution in [3.63, 3.8) is 0 Å². The summed E-state index contributed by atoms with van der Waals surface area (Å²) in [5.41, 5.74) is 4.14. The summed E-state index contributed by atoms with van der Waals surface area (Å²) in [4.78, 5) is 10.6. The van der Waals surface area contributed by atoms with Crippen LogP contribution in [0.4, 0.5) is 0 Å². The zero-order valence-corrected chi connectivity index (χ0v) is 17.6. The van der Waals surface area contributed by atoms with Crippen LogP contribution in [0.2, 0.25) is 0 Å². The van der Waals surface area contributed by atoms with E-state index < -0.39 is 5.97 Å². The Kier molecular flexibility index (Phi) is 7.09. The van der Waals surface area contributed by atoms with Gasteiger partial charge >= 0.3 is 5.97 Å². The van der Waals surface area contributed by atoms with E-state index in [1.807, 2.05) is 43.3 Å². The monoisotopic (exact) mass is 452 g/mol. The molecule has 3 aromatic carbocycles. The molecule has 0 atom stereocenters. The number of hydrogen-bond donors (Lipinski definition) is 1. The molecule has 29 heavy (non-hydrogen) atoms. The van der Waals surface area contributed by atoms with Gasteiger partial charge in [-0.1, -0.05) is 58.4 Å². The van der Waals surface area contributed by atoms with Crippen LogP contribution in [0.25, 0.3) is 5.57 Å². The Morgan fingerprint density at radius 1 is 0.966 bits per heavy atom. The maximum Gasteiger partial charge on any atom is 0.341 e. The average Bonchev–Trinajstić information content (AvgIpc) is 2.72. The van der Waals surface area contributed by atoms with Crippen LogP contribution < -0.4 is 9.47 Å². The number of hydrogen-bond acceptors (Lipinski definition) is 3. The minimum absolute atomic E-state index is 0.364. The molecule has 0 fully saturated rings. The minimum atomic E-state index is -1.00. The first-order valence-corrected chi connectivity index (χ1v) is 9.92. The lowest BCUT2D eigenvalue weighted by Gasteiger charge is -2.12. The van der Waals surface area contributed by atoms with Gasteiger partial charge in [0, 0.05) is 4.47 Å². The second kappa shape index (κ2) is 9.94. The van der Waals surface area contributed by atoms with Crippen molar-refractivity contribution < 1.29 is 19.4 Å². The first-order chi connectivity index (χ1) is 14.0. The van der Waals surface area contributed by atoms with E-state index in [9.17, 15) is 4.79 Å². The number of carboxylic acids is 1. The van der Waals surface area contributed by atoms with E-state index in [1.165, 1.54) is 0 Å². The zero-order chi connectivity index (χ0) is 20.6. The van der Waals surface area contributed by atoms with Crippen LogP contribution in [-0.4, -0.2) is 24.3 Å². The summed E-state index contributed by atoms with van der Waals surface area (Å²) in [7, 11) is 0. The van der Waals surface area contributed by atoms with Gasteiger partial charge in [0.15, 0.2) is 6.61 Å². The summed E-state index contributed by atoms with van der Waals surface area (Å²) in [6.07, 6.45) is 2.06. The molecule has 4 nitrogen and oxygen atoms in total. The zero-order valence-electron chi connectivity index (χ0n) is 16.0. The molecule has 0 aliphatic carbocycles. The highest BCUT2D eigenvalue weighted by Crippen LogP contribution is 2.26. The molecule has 0 spiro atoms. The molecule has 0 saturated carbocycles. The fourth-order valence-corrected chi connectivity index (χ4v) is 3.15. The highest BCUT2D eigenvalue weighted by Gasteiger charge is 2.07. The summed E-state index contributed by atoms with van der Waals surface area (Å²) in [5.74, 6) is 0.232. The van der Waals surface area contributed by atoms with Crippen LogP contribution in [0.3, 0.4) is 0 Å². The van der Waals surface area contributed by atoms with Crippen molar-refractivity contribution in [3.05, 3.63) is 100 Å². The lowest BCUT2D eigenvalue weighted by molar-refractivity contribution is -0.139. The molecular formula is C24H21BrO4. The smallest absolute Gasteiger partial charge is 0.341 e. The number of benzene rings is 3. The van der Waals surface area contributed by atoms with Gasteiger partial charge in [-0.15, -0.1) is 0 Å². The standard InChI is InChI=1S/C24H21BrO4/c1-17-15-21(11-12-23(17)29-16-24(26)27)28-14-13-22(18-5-3-2-4-6-18)19-7-9-20(25)10-8-19/h2-13,15H,14,16H2,1H3,(H,26,27)/b22-13-. The van der Waals surface area contributed by atoms with E-state index in [0.29, 0.717) is 18.1 Å². The molecule has 148 valence electrons. The molecule has 0 unspecified atom stereocenters. The third-order valence-corrected chi connectivity index (χ3v) is 4.80. The molecule has 0 saturated heterocycles. The van der Waals surface area contributed by atoms with E-state index in [0.717, 1.165) is 26.7 Å². The van der Waals surface area contributed by atoms with E-state index in [4.69, 9.17) is 14.6 Å². The number of carboxylic acid groups (broad SMARTS) is 1. The Morgan fingerprint density at radius 2 is 1.66 bits per heavy atom. The summed E-state index contributed by atoms with van der Waals surface area (Å²) >= 11 is 3.48. The number of ether oxygens (including phenoxy) is 2. The van der Waals surface area contributed by atoms with Crippen molar-refractivity contribution in [2.45, 2.75) is 6.92 Å². The maximum absolute atomic E-state index is 10.6. The van der Waals surface area contributed by atoms with Gasteiger partial charge in [0.1, 0.15) is 18.1 Å². The normalized spacial score (nSPS) is 11.2. The first kappa shape index (κ1) is 20.7. The Labute approximate surface area is 178 Å². The van der Waals surface area contributed by atoms with Gasteiger partial charge in [-0.2, -0.15) is 0 Å². The molecule has 0 aliphatic rings. The molecule has 3 aromatic rings. The van der Waals surface area contributed by atoms with Crippen LogP contribution in [0.5, 0.6) is 11.5 Å². The Bertz CT molecular complexity index is 995. The minimum Gasteiger partial charge on any atom is -0.489 e. The maximum atomic E-state index is 10.6. The molecule has 0 radical (unpaired) electrons. The highest BCUT2D eigenvalue weighted by atomic mass is 79.9. The van der Waals surface area contributed by atoms with Gasteiger partial charge in [0.2, 0.25) is 0 Å². The fraction of sp³-hybridized carbons (Fsp3) is 0.125. The molecular weight excluding hydrogens is 432 g/mol. The molecule has 3 rings (SSSR count). The van der Waals surface area contributed by atoms with Crippen LogP contribution in [-0.2, 0) is 4.79 Å². The molecule has 5 heteroatoms. The largest absolute Gasteiger partial charge is 0.489 e. The highest BCUT2D eigenvalue weighted by molar-refractivity contribution is 9.10. The van der Waals surface area contributed by atoms with Crippen molar-refractivity contribution in [3.8, 4) is 11.5 Å². The van der Waals surface area contributed by atoms with E-state index >= 15 is 0 Å². The summed E-state index contributed by atoms with van der Waals surface area (Å²) in [6.45, 7) is 1.89. The lowest BCUT2D eigenvalue weighted by Crippen LogP contribution is -2.10. The topological polar surface area (TPSA) is 55.8 Å². The second-order valence-corrected chi connectivity index (χ2v) is 7.33. The molecule has 0 aliphatic heterocycles. The van der Waals surface area contributed by atoms with Crippen LogP contribution in [0.15, 0.2) is 83.3 Å². The van der Waals surface area contributed by atoms with Gasteiger partial charge in [-0.05, 0) is 65.6 Å². The summed E-state index contributed by atoms with van der Waals surface area (Å²) in [6, 6.07) is 23.7. The third-order valence-electron chi connectivity index (χ3n) is 4.28. The number of halogens is 1. The van der Waals surface area contributed by atoms with Gasteiger partial charge in [0.25, 0.3) is 0 Å². The Morgan fingerprint density at radius 3 is 2.31 bits per heavy atom. The van der Waals surface area contributed by atoms with Crippen LogP contribution >= 0.6 is 15.9 Å². The molecule has 0 heterocycles. The van der Waals surface area contributed by atoms with Gasteiger partial charge in [-0.3, -0.25) is 0 Å². The molecule has 0 bridgehead atoms.